The van der Waals surface area contributed by atoms with Crippen LogP contribution in [0.25, 0.3) is 0 Å². The molecular formula is C26H30F3N3O3. The van der Waals surface area contributed by atoms with E-state index in [0.29, 0.717) is 32.3 Å². The molecule has 0 radical (unpaired) electrons. The molecule has 0 aliphatic carbocycles. The van der Waals surface area contributed by atoms with E-state index in [4.69, 9.17) is 4.74 Å². The lowest BCUT2D eigenvalue weighted by Crippen LogP contribution is -2.25. The number of carbonyl (C=O) groups excluding carboxylic acids is 2. The number of hydrogen-bond acceptors (Lipinski definition) is 4. The molecule has 0 saturated heterocycles. The van der Waals surface area contributed by atoms with Gasteiger partial charge >= 0.3 is 6.18 Å². The predicted molar refractivity (Wildman–Crippen MR) is 129 cm³/mol. The van der Waals surface area contributed by atoms with Gasteiger partial charge in [-0.1, -0.05) is 54.1 Å². The van der Waals surface area contributed by atoms with Crippen LogP contribution in [0.1, 0.15) is 22.4 Å². The van der Waals surface area contributed by atoms with Gasteiger partial charge in [-0.05, 0) is 49.1 Å². The number of carbonyl (C=O) groups is 2. The number of rotatable bonds is 9. The van der Waals surface area contributed by atoms with Crippen molar-refractivity contribution in [3.8, 4) is 5.75 Å². The summed E-state index contributed by atoms with van der Waals surface area (Å²) in [5.41, 5.74) is 2.31. The summed E-state index contributed by atoms with van der Waals surface area (Å²) in [6, 6.07) is 20.4. The molecule has 0 unspecified atom stereocenters. The SMILES string of the molecule is COc1cccc(CCc2ccc(C(F)(F)F)nc2)c1.Cc1ccccc1.O=CNCCNC=O. The number of methoxy groups -OCH3 is 1. The van der Waals surface area contributed by atoms with E-state index in [-0.39, 0.29) is 0 Å². The smallest absolute Gasteiger partial charge is 0.433 e. The fourth-order valence-electron chi connectivity index (χ4n) is 2.65. The second-order valence-electron chi connectivity index (χ2n) is 7.20. The third kappa shape index (κ3) is 13.4. The number of aromatic nitrogens is 1. The molecule has 188 valence electrons. The van der Waals surface area contributed by atoms with Gasteiger partial charge < -0.3 is 15.4 Å². The summed E-state index contributed by atoms with van der Waals surface area (Å²) in [7, 11) is 1.60. The minimum atomic E-state index is -4.38. The van der Waals surface area contributed by atoms with Gasteiger partial charge in [-0.25, -0.2) is 0 Å². The Labute approximate surface area is 203 Å². The zero-order chi connectivity index (χ0) is 25.9. The highest BCUT2D eigenvalue weighted by Crippen LogP contribution is 2.27. The Morgan fingerprint density at radius 1 is 0.857 bits per heavy atom. The van der Waals surface area contributed by atoms with E-state index in [1.165, 1.54) is 17.8 Å². The van der Waals surface area contributed by atoms with Crippen molar-refractivity contribution >= 4 is 12.8 Å². The molecule has 9 heteroatoms. The molecule has 3 aromatic rings. The monoisotopic (exact) mass is 489 g/mol. The molecule has 2 aromatic carbocycles. The zero-order valence-corrected chi connectivity index (χ0v) is 19.7. The standard InChI is InChI=1S/C15H14F3NO.C7H8.C4H8N2O2/c1-20-13-4-2-3-11(9-13)5-6-12-7-8-14(19-10-12)15(16,17)18;1-7-5-3-2-4-6-7;7-3-5-1-2-6-4-8/h2-4,7-10H,5-6H2,1H3;2-6H,1H3;3-4H,1-2H2,(H,5,7)(H,6,8). The molecule has 0 saturated carbocycles. The Bertz CT molecular complexity index is 972. The van der Waals surface area contributed by atoms with Crippen LogP contribution in [-0.4, -0.2) is 38.0 Å². The van der Waals surface area contributed by atoms with Gasteiger partial charge in [0.25, 0.3) is 0 Å². The topological polar surface area (TPSA) is 80.3 Å². The molecule has 0 spiro atoms. The predicted octanol–water partition coefficient (Wildman–Crippen LogP) is 4.37. The van der Waals surface area contributed by atoms with Crippen molar-refractivity contribution in [2.45, 2.75) is 25.9 Å². The average molecular weight is 490 g/mol. The van der Waals surface area contributed by atoms with Crippen LogP contribution >= 0.6 is 0 Å². The van der Waals surface area contributed by atoms with E-state index < -0.39 is 11.9 Å². The molecule has 1 aromatic heterocycles. The van der Waals surface area contributed by atoms with E-state index in [1.54, 1.807) is 7.11 Å². The van der Waals surface area contributed by atoms with Crippen molar-refractivity contribution in [3.05, 3.63) is 95.3 Å². The highest BCUT2D eigenvalue weighted by molar-refractivity contribution is 5.47. The number of hydrogen-bond donors (Lipinski definition) is 2. The largest absolute Gasteiger partial charge is 0.497 e. The van der Waals surface area contributed by atoms with Crippen molar-refractivity contribution in [2.75, 3.05) is 20.2 Å². The maximum atomic E-state index is 12.4. The fourth-order valence-corrected chi connectivity index (χ4v) is 2.65. The number of amides is 2. The minimum Gasteiger partial charge on any atom is -0.497 e. The van der Waals surface area contributed by atoms with Crippen LogP contribution < -0.4 is 15.4 Å². The molecular weight excluding hydrogens is 459 g/mol. The van der Waals surface area contributed by atoms with Crippen LogP contribution in [0.4, 0.5) is 13.2 Å². The molecule has 0 bridgehead atoms. The van der Waals surface area contributed by atoms with Gasteiger partial charge in [0.1, 0.15) is 11.4 Å². The lowest BCUT2D eigenvalue weighted by atomic mass is 10.1. The summed E-state index contributed by atoms with van der Waals surface area (Å²) in [6.07, 6.45) is -0.560. The van der Waals surface area contributed by atoms with E-state index in [9.17, 15) is 22.8 Å². The van der Waals surface area contributed by atoms with Crippen molar-refractivity contribution in [3.63, 3.8) is 0 Å². The average Bonchev–Trinajstić information content (AvgIpc) is 2.86. The number of benzene rings is 2. The molecule has 1 heterocycles. The van der Waals surface area contributed by atoms with Crippen LogP contribution in [0.5, 0.6) is 5.75 Å². The molecule has 2 amide bonds. The van der Waals surface area contributed by atoms with Gasteiger partial charge in [0, 0.05) is 19.3 Å². The Balaban J connectivity index is 0.000000334. The summed E-state index contributed by atoms with van der Waals surface area (Å²) in [5, 5.41) is 4.76. The van der Waals surface area contributed by atoms with E-state index in [2.05, 4.69) is 34.7 Å². The number of ether oxygens (including phenoxy) is 1. The normalized spacial score (nSPS) is 9.97. The first-order valence-corrected chi connectivity index (χ1v) is 10.8. The first kappa shape index (κ1) is 29.2. The van der Waals surface area contributed by atoms with Crippen molar-refractivity contribution in [2.24, 2.45) is 0 Å². The van der Waals surface area contributed by atoms with Crippen molar-refractivity contribution < 1.29 is 27.5 Å². The number of pyridine rings is 1. The second kappa shape index (κ2) is 16.7. The molecule has 0 aliphatic rings. The molecule has 6 nitrogen and oxygen atoms in total. The summed E-state index contributed by atoms with van der Waals surface area (Å²) >= 11 is 0. The summed E-state index contributed by atoms with van der Waals surface area (Å²) in [5.74, 6) is 0.771. The Kier molecular flexibility index (Phi) is 13.9. The second-order valence-corrected chi connectivity index (χ2v) is 7.20. The van der Waals surface area contributed by atoms with Crippen molar-refractivity contribution in [1.82, 2.24) is 15.6 Å². The fraction of sp³-hybridized carbons (Fsp3) is 0.269. The Hall–Kier alpha value is -3.88. The third-order valence-corrected chi connectivity index (χ3v) is 4.47. The molecule has 3 rings (SSSR count). The number of alkyl halides is 3. The molecule has 2 N–H and O–H groups in total. The van der Waals surface area contributed by atoms with E-state index >= 15 is 0 Å². The van der Waals surface area contributed by atoms with Crippen LogP contribution in [0, 0.1) is 6.92 Å². The van der Waals surface area contributed by atoms with Gasteiger partial charge in [-0.15, -0.1) is 0 Å². The van der Waals surface area contributed by atoms with E-state index in [1.807, 2.05) is 42.5 Å². The zero-order valence-electron chi connectivity index (χ0n) is 19.7. The van der Waals surface area contributed by atoms with Crippen LogP contribution in [0.15, 0.2) is 72.9 Å². The van der Waals surface area contributed by atoms with Gasteiger partial charge in [-0.2, -0.15) is 13.2 Å². The van der Waals surface area contributed by atoms with Crippen LogP contribution in [0.3, 0.4) is 0 Å². The molecule has 0 aliphatic heterocycles. The Morgan fingerprint density at radius 3 is 1.94 bits per heavy atom. The third-order valence-electron chi connectivity index (χ3n) is 4.47. The molecule has 0 atom stereocenters. The number of halogens is 3. The first-order chi connectivity index (χ1) is 16.8. The van der Waals surface area contributed by atoms with Crippen LogP contribution in [-0.2, 0) is 28.6 Å². The molecule has 0 fully saturated rings. The van der Waals surface area contributed by atoms with Crippen molar-refractivity contribution in [1.29, 1.82) is 0 Å². The lowest BCUT2D eigenvalue weighted by Gasteiger charge is -2.07. The Morgan fingerprint density at radius 2 is 1.49 bits per heavy atom. The highest BCUT2D eigenvalue weighted by Gasteiger charge is 2.31. The van der Waals surface area contributed by atoms with Gasteiger partial charge in [0.05, 0.1) is 7.11 Å². The summed E-state index contributed by atoms with van der Waals surface area (Å²) < 4.78 is 42.3. The summed E-state index contributed by atoms with van der Waals surface area (Å²) in [4.78, 5) is 22.5. The quantitative estimate of drug-likeness (QED) is 0.346. The molecule has 35 heavy (non-hydrogen) atoms. The number of nitrogens with one attached hydrogen (secondary N) is 2. The van der Waals surface area contributed by atoms with Gasteiger partial charge in [-0.3, -0.25) is 14.6 Å². The first-order valence-electron chi connectivity index (χ1n) is 10.8. The van der Waals surface area contributed by atoms with Gasteiger partial charge in [0.15, 0.2) is 0 Å². The highest BCUT2D eigenvalue weighted by atomic mass is 19.4. The number of aryl methyl sites for hydroxylation is 3. The maximum Gasteiger partial charge on any atom is 0.433 e. The number of nitrogens with zero attached hydrogens (tertiary/aromatic N) is 1. The maximum absolute atomic E-state index is 12.4. The van der Waals surface area contributed by atoms with Gasteiger partial charge in [0.2, 0.25) is 12.8 Å². The van der Waals surface area contributed by atoms with E-state index in [0.717, 1.165) is 29.4 Å². The lowest BCUT2D eigenvalue weighted by molar-refractivity contribution is -0.141. The minimum absolute atomic E-state index is 0.488. The summed E-state index contributed by atoms with van der Waals surface area (Å²) in [6.45, 7) is 3.06. The van der Waals surface area contributed by atoms with Crippen LogP contribution in [0.2, 0.25) is 0 Å².